The average Bonchev–Trinajstić information content (AvgIpc) is 2.19. The number of hydrogen-bond donors (Lipinski definition) is 3. The lowest BCUT2D eigenvalue weighted by atomic mass is 10.2. The van der Waals surface area contributed by atoms with E-state index in [1.54, 1.807) is 18.0 Å². The lowest BCUT2D eigenvalue weighted by molar-refractivity contribution is -0.120. The zero-order valence-corrected chi connectivity index (χ0v) is 9.64. The summed E-state index contributed by atoms with van der Waals surface area (Å²) in [6, 6.07) is 6.56. The molecule has 6 nitrogen and oxygen atoms in total. The van der Waals surface area contributed by atoms with Crippen LogP contribution in [-0.2, 0) is 11.3 Å². The highest BCUT2D eigenvalue weighted by atomic mass is 16.2. The first kappa shape index (κ1) is 13.0. The van der Waals surface area contributed by atoms with Gasteiger partial charge in [-0.25, -0.2) is 4.79 Å². The highest BCUT2D eigenvalue weighted by molar-refractivity contribution is 5.94. The number of likely N-dealkylation sites (N-methyl/N-ethyl adjacent to an activating group) is 1. The Hall–Kier alpha value is -2.08. The third kappa shape index (κ3) is 4.52. The molecule has 92 valence electrons. The molecule has 0 aliphatic rings. The van der Waals surface area contributed by atoms with Gasteiger partial charge in [0.05, 0.1) is 6.54 Å². The quantitative estimate of drug-likeness (QED) is 0.635. The van der Waals surface area contributed by atoms with Crippen LogP contribution in [0.4, 0.5) is 10.5 Å². The summed E-state index contributed by atoms with van der Waals surface area (Å²) in [5.74, 6) is -0.436. The summed E-state index contributed by atoms with van der Waals surface area (Å²) in [4.78, 5) is 23.4. The summed E-state index contributed by atoms with van der Waals surface area (Å²) in [5, 5.41) is 2.00. The van der Waals surface area contributed by atoms with E-state index in [0.29, 0.717) is 12.2 Å². The second-order valence-electron chi connectivity index (χ2n) is 3.78. The molecular formula is C11H16N4O2. The standard InChI is InChI=1S/C11H16N4O2/c1-15(7-10(16)14-11(13)17)6-8-4-2-3-5-9(8)12/h2-5H,6-7,12H2,1H3,(H3,13,14,16,17). The minimum atomic E-state index is -0.845. The molecule has 0 heterocycles. The van der Waals surface area contributed by atoms with E-state index in [0.717, 1.165) is 5.56 Å². The Morgan fingerprint density at radius 3 is 2.59 bits per heavy atom. The van der Waals surface area contributed by atoms with Crippen LogP contribution >= 0.6 is 0 Å². The van der Waals surface area contributed by atoms with E-state index < -0.39 is 11.9 Å². The zero-order valence-electron chi connectivity index (χ0n) is 9.64. The van der Waals surface area contributed by atoms with Gasteiger partial charge >= 0.3 is 6.03 Å². The normalized spacial score (nSPS) is 10.2. The van der Waals surface area contributed by atoms with Crippen molar-refractivity contribution in [1.82, 2.24) is 10.2 Å². The van der Waals surface area contributed by atoms with Crippen molar-refractivity contribution in [2.24, 2.45) is 5.73 Å². The van der Waals surface area contributed by atoms with Gasteiger partial charge in [0.2, 0.25) is 5.91 Å². The smallest absolute Gasteiger partial charge is 0.318 e. The van der Waals surface area contributed by atoms with E-state index in [9.17, 15) is 9.59 Å². The molecule has 0 saturated heterocycles. The zero-order chi connectivity index (χ0) is 12.8. The summed E-state index contributed by atoms with van der Waals surface area (Å²) in [6.07, 6.45) is 0. The van der Waals surface area contributed by atoms with Gasteiger partial charge in [0.15, 0.2) is 0 Å². The number of carbonyl (C=O) groups is 2. The predicted octanol–water partition coefficient (Wildman–Crippen LogP) is -0.104. The number of imide groups is 1. The molecule has 1 rings (SSSR count). The van der Waals surface area contributed by atoms with Crippen molar-refractivity contribution in [3.05, 3.63) is 29.8 Å². The van der Waals surface area contributed by atoms with Crippen LogP contribution in [0, 0.1) is 0 Å². The molecule has 0 aliphatic heterocycles. The molecule has 0 aliphatic carbocycles. The Labute approximate surface area is 99.6 Å². The third-order valence-electron chi connectivity index (χ3n) is 2.17. The first-order chi connectivity index (χ1) is 7.99. The molecule has 5 N–H and O–H groups in total. The number of primary amides is 1. The van der Waals surface area contributed by atoms with Gasteiger partial charge in [0.1, 0.15) is 0 Å². The van der Waals surface area contributed by atoms with E-state index in [-0.39, 0.29) is 6.54 Å². The molecule has 0 radical (unpaired) electrons. The maximum atomic E-state index is 11.3. The highest BCUT2D eigenvalue weighted by Crippen LogP contribution is 2.12. The number of nitrogen functional groups attached to an aromatic ring is 1. The van der Waals surface area contributed by atoms with Gasteiger partial charge in [-0.3, -0.25) is 15.0 Å². The van der Waals surface area contributed by atoms with Gasteiger partial charge in [-0.2, -0.15) is 0 Å². The second kappa shape index (κ2) is 5.86. The molecule has 6 heteroatoms. The molecule has 0 spiro atoms. The molecule has 0 atom stereocenters. The molecule has 0 bridgehead atoms. The van der Waals surface area contributed by atoms with Crippen LogP contribution < -0.4 is 16.8 Å². The molecule has 1 aromatic rings. The number of hydrogen-bond acceptors (Lipinski definition) is 4. The van der Waals surface area contributed by atoms with Crippen molar-refractivity contribution in [2.45, 2.75) is 6.54 Å². The van der Waals surface area contributed by atoms with E-state index in [4.69, 9.17) is 11.5 Å². The van der Waals surface area contributed by atoms with Gasteiger partial charge in [-0.15, -0.1) is 0 Å². The van der Waals surface area contributed by atoms with Crippen LogP contribution in [0.1, 0.15) is 5.56 Å². The molecule has 0 unspecified atom stereocenters. The SMILES string of the molecule is CN(CC(=O)NC(N)=O)Cc1ccccc1N. The van der Waals surface area contributed by atoms with Crippen LogP contribution in [0.3, 0.4) is 0 Å². The number of nitrogens with one attached hydrogen (secondary N) is 1. The van der Waals surface area contributed by atoms with Gasteiger partial charge < -0.3 is 11.5 Å². The minimum absolute atomic E-state index is 0.0806. The Bertz CT molecular complexity index is 420. The van der Waals surface area contributed by atoms with Crippen molar-refractivity contribution in [2.75, 3.05) is 19.3 Å². The summed E-state index contributed by atoms with van der Waals surface area (Å²) in [5.41, 5.74) is 12.2. The van der Waals surface area contributed by atoms with Crippen LogP contribution in [0.2, 0.25) is 0 Å². The van der Waals surface area contributed by atoms with Gasteiger partial charge in [-0.1, -0.05) is 18.2 Å². The number of nitrogens with two attached hydrogens (primary N) is 2. The molecule has 0 aromatic heterocycles. The maximum Gasteiger partial charge on any atom is 0.318 e. The van der Waals surface area contributed by atoms with Crippen molar-refractivity contribution in [3.8, 4) is 0 Å². The summed E-state index contributed by atoms with van der Waals surface area (Å²) >= 11 is 0. The van der Waals surface area contributed by atoms with Crippen LogP contribution in [0.15, 0.2) is 24.3 Å². The van der Waals surface area contributed by atoms with E-state index >= 15 is 0 Å². The van der Waals surface area contributed by atoms with Crippen molar-refractivity contribution in [1.29, 1.82) is 0 Å². The van der Waals surface area contributed by atoms with Crippen molar-refractivity contribution < 1.29 is 9.59 Å². The lowest BCUT2D eigenvalue weighted by Crippen LogP contribution is -2.41. The highest BCUT2D eigenvalue weighted by Gasteiger charge is 2.09. The first-order valence-corrected chi connectivity index (χ1v) is 5.10. The fourth-order valence-electron chi connectivity index (χ4n) is 1.45. The number of para-hydroxylation sites is 1. The Balaban J connectivity index is 2.50. The number of amides is 3. The fraction of sp³-hybridized carbons (Fsp3) is 0.273. The van der Waals surface area contributed by atoms with Gasteiger partial charge in [-0.05, 0) is 18.7 Å². The van der Waals surface area contributed by atoms with E-state index in [1.165, 1.54) is 0 Å². The molecule has 0 saturated carbocycles. The Morgan fingerprint density at radius 1 is 1.35 bits per heavy atom. The molecule has 0 fully saturated rings. The summed E-state index contributed by atoms with van der Waals surface area (Å²) in [7, 11) is 1.76. The lowest BCUT2D eigenvalue weighted by Gasteiger charge is -2.16. The number of carbonyl (C=O) groups excluding carboxylic acids is 2. The summed E-state index contributed by atoms with van der Waals surface area (Å²) in [6.45, 7) is 0.607. The average molecular weight is 236 g/mol. The second-order valence-corrected chi connectivity index (χ2v) is 3.78. The van der Waals surface area contributed by atoms with Crippen LogP contribution in [0.25, 0.3) is 0 Å². The number of nitrogens with zero attached hydrogens (tertiary/aromatic N) is 1. The molecular weight excluding hydrogens is 220 g/mol. The van der Waals surface area contributed by atoms with Crippen LogP contribution in [-0.4, -0.2) is 30.4 Å². The van der Waals surface area contributed by atoms with Crippen molar-refractivity contribution in [3.63, 3.8) is 0 Å². The largest absolute Gasteiger partial charge is 0.398 e. The first-order valence-electron chi connectivity index (χ1n) is 5.10. The maximum absolute atomic E-state index is 11.3. The Morgan fingerprint density at radius 2 is 2.00 bits per heavy atom. The topological polar surface area (TPSA) is 101 Å². The summed E-state index contributed by atoms with van der Waals surface area (Å²) < 4.78 is 0. The van der Waals surface area contributed by atoms with Crippen molar-refractivity contribution >= 4 is 17.6 Å². The van der Waals surface area contributed by atoms with Crippen LogP contribution in [0.5, 0.6) is 0 Å². The van der Waals surface area contributed by atoms with Gasteiger partial charge in [0.25, 0.3) is 0 Å². The molecule has 17 heavy (non-hydrogen) atoms. The molecule has 1 aromatic carbocycles. The fourth-order valence-corrected chi connectivity index (χ4v) is 1.45. The number of benzene rings is 1. The minimum Gasteiger partial charge on any atom is -0.398 e. The van der Waals surface area contributed by atoms with E-state index in [2.05, 4.69) is 0 Å². The van der Waals surface area contributed by atoms with Gasteiger partial charge in [0, 0.05) is 12.2 Å². The monoisotopic (exact) mass is 236 g/mol. The number of rotatable bonds is 4. The molecule has 3 amide bonds. The predicted molar refractivity (Wildman–Crippen MR) is 64.9 cm³/mol. The van der Waals surface area contributed by atoms with E-state index in [1.807, 2.05) is 23.5 Å². The number of urea groups is 1. The number of anilines is 1. The third-order valence-corrected chi connectivity index (χ3v) is 2.17. The Kier molecular flexibility index (Phi) is 4.47.